The Balaban J connectivity index is 1.31. The highest BCUT2D eigenvalue weighted by atomic mass is 19.4. The first-order chi connectivity index (χ1) is 21.5. The Bertz CT molecular complexity index is 1610. The van der Waals surface area contributed by atoms with Crippen molar-refractivity contribution in [2.75, 3.05) is 18.4 Å². The lowest BCUT2D eigenvalue weighted by molar-refractivity contribution is -0.177. The van der Waals surface area contributed by atoms with Crippen LogP contribution in [0.25, 0.3) is 5.57 Å². The number of anilines is 1. The van der Waals surface area contributed by atoms with Crippen LogP contribution >= 0.6 is 0 Å². The van der Waals surface area contributed by atoms with Gasteiger partial charge in [-0.3, -0.25) is 14.5 Å². The molecule has 3 aliphatic rings. The molecular weight excluding hydrogens is 582 g/mol. The number of nitrogens with zero attached hydrogens (tertiary/aromatic N) is 2. The van der Waals surface area contributed by atoms with E-state index < -0.39 is 35.9 Å². The van der Waals surface area contributed by atoms with Crippen molar-refractivity contribution in [3.63, 3.8) is 0 Å². The third-order valence-corrected chi connectivity index (χ3v) is 9.54. The highest BCUT2D eigenvalue weighted by molar-refractivity contribution is 5.98. The van der Waals surface area contributed by atoms with Gasteiger partial charge in [0, 0.05) is 18.8 Å². The Kier molecular flexibility index (Phi) is 8.57. The van der Waals surface area contributed by atoms with Crippen molar-refractivity contribution >= 4 is 23.1 Å². The fraction of sp³-hybridized carbons (Fsp3) is 0.389. The van der Waals surface area contributed by atoms with Gasteiger partial charge in [-0.25, -0.2) is 4.39 Å². The summed E-state index contributed by atoms with van der Waals surface area (Å²) in [5.74, 6) is -1.97. The summed E-state index contributed by atoms with van der Waals surface area (Å²) in [7, 11) is 0. The first-order valence-corrected chi connectivity index (χ1v) is 15.6. The van der Waals surface area contributed by atoms with E-state index in [9.17, 15) is 22.8 Å². The van der Waals surface area contributed by atoms with Gasteiger partial charge in [-0.15, -0.1) is 0 Å². The van der Waals surface area contributed by atoms with Gasteiger partial charge < -0.3 is 10.2 Å². The monoisotopic (exact) mass is 619 g/mol. The van der Waals surface area contributed by atoms with Crippen molar-refractivity contribution in [1.82, 2.24) is 9.80 Å². The van der Waals surface area contributed by atoms with Crippen LogP contribution in [0.15, 0.2) is 66.7 Å². The van der Waals surface area contributed by atoms with E-state index in [2.05, 4.69) is 11.4 Å². The zero-order chi connectivity index (χ0) is 31.9. The van der Waals surface area contributed by atoms with Crippen molar-refractivity contribution in [2.45, 2.75) is 70.8 Å². The summed E-state index contributed by atoms with van der Waals surface area (Å²) in [6.45, 7) is 4.60. The van der Waals surface area contributed by atoms with Gasteiger partial charge in [0.05, 0.1) is 17.5 Å². The molecular formula is C36H37F4N3O2. The summed E-state index contributed by atoms with van der Waals surface area (Å²) < 4.78 is 55.7. The quantitative estimate of drug-likeness (QED) is 0.286. The molecule has 0 spiro atoms. The van der Waals surface area contributed by atoms with E-state index in [4.69, 9.17) is 0 Å². The molecule has 1 aliphatic carbocycles. The van der Waals surface area contributed by atoms with Crippen LogP contribution < -0.4 is 5.32 Å². The molecule has 2 heterocycles. The van der Waals surface area contributed by atoms with Crippen LogP contribution in [-0.2, 0) is 17.8 Å². The number of amides is 2. The van der Waals surface area contributed by atoms with Gasteiger partial charge in [-0.1, -0.05) is 48.5 Å². The number of carbonyl (C=O) groups excluding carboxylic acids is 2. The SMILES string of the molecule is CC1=CCc2ccc(NC(=O)[C@H]3CCCN(C(=O)c4c(C)cccc4F)[C@H]3c3ccc(CN4CCCC4C(F)(F)F)cc3)cc21. The number of rotatable bonds is 6. The van der Waals surface area contributed by atoms with Crippen molar-refractivity contribution in [3.05, 3.63) is 106 Å². The second-order valence-electron chi connectivity index (χ2n) is 12.5. The van der Waals surface area contributed by atoms with Gasteiger partial charge in [0.25, 0.3) is 5.91 Å². The maximum Gasteiger partial charge on any atom is 0.404 e. The average Bonchev–Trinajstić information content (AvgIpc) is 3.63. The lowest BCUT2D eigenvalue weighted by Gasteiger charge is -2.41. The minimum atomic E-state index is -4.28. The fourth-order valence-corrected chi connectivity index (χ4v) is 7.20. The number of halogens is 4. The number of aryl methyl sites for hydroxylation is 1. The van der Waals surface area contributed by atoms with Crippen molar-refractivity contribution < 1.29 is 27.2 Å². The summed E-state index contributed by atoms with van der Waals surface area (Å²) in [6.07, 6.45) is 0.393. The van der Waals surface area contributed by atoms with Crippen molar-refractivity contribution in [1.29, 1.82) is 0 Å². The molecule has 236 valence electrons. The largest absolute Gasteiger partial charge is 0.404 e. The third-order valence-electron chi connectivity index (χ3n) is 9.54. The normalized spacial score (nSPS) is 21.9. The maximum atomic E-state index is 15.0. The van der Waals surface area contributed by atoms with Gasteiger partial charge in [0.2, 0.25) is 5.91 Å². The zero-order valence-corrected chi connectivity index (χ0v) is 25.5. The van der Waals surface area contributed by atoms with Gasteiger partial charge in [0.15, 0.2) is 0 Å². The maximum absolute atomic E-state index is 15.0. The van der Waals surface area contributed by atoms with Crippen LogP contribution in [0.4, 0.5) is 23.2 Å². The second kappa shape index (κ2) is 12.4. The molecule has 3 atom stereocenters. The van der Waals surface area contributed by atoms with E-state index in [0.29, 0.717) is 49.2 Å². The predicted molar refractivity (Wildman–Crippen MR) is 166 cm³/mol. The number of likely N-dealkylation sites (tertiary alicyclic amines) is 2. The summed E-state index contributed by atoms with van der Waals surface area (Å²) >= 11 is 0. The van der Waals surface area contributed by atoms with Crippen LogP contribution in [0.5, 0.6) is 0 Å². The van der Waals surface area contributed by atoms with Crippen LogP contribution in [0.3, 0.4) is 0 Å². The van der Waals surface area contributed by atoms with Crippen LogP contribution in [0.1, 0.15) is 76.8 Å². The van der Waals surface area contributed by atoms with E-state index in [-0.39, 0.29) is 24.4 Å². The molecule has 0 saturated carbocycles. The Labute approximate surface area is 260 Å². The van der Waals surface area contributed by atoms with Crippen molar-refractivity contribution in [2.24, 2.45) is 5.92 Å². The number of allylic oxidation sites excluding steroid dienone is 2. The number of hydrogen-bond donors (Lipinski definition) is 1. The minimum Gasteiger partial charge on any atom is -0.331 e. The van der Waals surface area contributed by atoms with Crippen LogP contribution in [0, 0.1) is 18.7 Å². The molecule has 0 bridgehead atoms. The van der Waals surface area contributed by atoms with Gasteiger partial charge in [-0.05, 0) is 104 Å². The molecule has 0 radical (unpaired) electrons. The van der Waals surface area contributed by atoms with Crippen LogP contribution in [0.2, 0.25) is 0 Å². The molecule has 3 aromatic rings. The van der Waals surface area contributed by atoms with E-state index in [1.807, 2.05) is 25.1 Å². The predicted octanol–water partition coefficient (Wildman–Crippen LogP) is 7.85. The molecule has 45 heavy (non-hydrogen) atoms. The fourth-order valence-electron chi connectivity index (χ4n) is 7.20. The smallest absolute Gasteiger partial charge is 0.331 e. The standard InChI is InChI=1S/C36H37F4N3O2/c1-22-10-13-25-16-17-27(20-29(22)25)41-34(44)28-7-4-19-43(35(45)32-23(2)6-3-8-30(32)37)33(28)26-14-11-24(12-15-26)21-42-18-5-9-31(42)36(38,39)40/h3,6,8,10-12,14-17,20,28,31,33H,4-5,7,9,13,18-19,21H2,1-2H3,(H,41,44)/t28-,31?,33-/m0/s1. The minimum absolute atomic E-state index is 0.0201. The molecule has 2 fully saturated rings. The Morgan fingerprint density at radius 3 is 2.44 bits per heavy atom. The molecule has 6 rings (SSSR count). The molecule has 0 aromatic heterocycles. The summed E-state index contributed by atoms with van der Waals surface area (Å²) in [5, 5.41) is 3.07. The second-order valence-corrected chi connectivity index (χ2v) is 12.5. The molecule has 2 amide bonds. The number of fused-ring (bicyclic) bond motifs is 1. The summed E-state index contributed by atoms with van der Waals surface area (Å²) in [5.41, 5.74) is 6.01. The van der Waals surface area contributed by atoms with E-state index >= 15 is 4.39 Å². The number of alkyl halides is 3. The molecule has 5 nitrogen and oxygen atoms in total. The number of hydrogen-bond acceptors (Lipinski definition) is 3. The van der Waals surface area contributed by atoms with E-state index in [1.165, 1.54) is 16.5 Å². The van der Waals surface area contributed by atoms with E-state index in [1.54, 1.807) is 48.2 Å². The zero-order valence-electron chi connectivity index (χ0n) is 25.5. The number of benzene rings is 3. The van der Waals surface area contributed by atoms with Crippen molar-refractivity contribution in [3.8, 4) is 0 Å². The number of piperidine rings is 1. The highest BCUT2D eigenvalue weighted by Gasteiger charge is 2.46. The third kappa shape index (κ3) is 6.27. The first kappa shape index (κ1) is 31.0. The number of nitrogens with one attached hydrogen (secondary N) is 1. The molecule has 1 N–H and O–H groups in total. The van der Waals surface area contributed by atoms with Gasteiger partial charge in [-0.2, -0.15) is 13.2 Å². The molecule has 9 heteroatoms. The van der Waals surface area contributed by atoms with Gasteiger partial charge in [0.1, 0.15) is 11.9 Å². The van der Waals surface area contributed by atoms with Crippen LogP contribution in [-0.4, -0.2) is 46.9 Å². The summed E-state index contributed by atoms with van der Waals surface area (Å²) in [4.78, 5) is 31.0. The summed E-state index contributed by atoms with van der Waals surface area (Å²) in [6, 6.07) is 15.4. The first-order valence-electron chi connectivity index (χ1n) is 15.6. The topological polar surface area (TPSA) is 52.7 Å². The molecule has 1 unspecified atom stereocenters. The number of carbonyl (C=O) groups is 2. The molecule has 3 aromatic carbocycles. The highest BCUT2D eigenvalue weighted by Crippen LogP contribution is 2.40. The lowest BCUT2D eigenvalue weighted by atomic mass is 9.83. The Hall–Kier alpha value is -3.98. The Morgan fingerprint density at radius 1 is 0.956 bits per heavy atom. The molecule has 2 aliphatic heterocycles. The molecule has 2 saturated heterocycles. The average molecular weight is 620 g/mol. The van der Waals surface area contributed by atoms with Gasteiger partial charge >= 0.3 is 6.18 Å². The Morgan fingerprint density at radius 2 is 1.71 bits per heavy atom. The lowest BCUT2D eigenvalue weighted by Crippen LogP contribution is -2.46. The van der Waals surface area contributed by atoms with E-state index in [0.717, 1.165) is 23.1 Å².